The third kappa shape index (κ3) is 4.11. The summed E-state index contributed by atoms with van der Waals surface area (Å²) < 4.78 is 40.7. The van der Waals surface area contributed by atoms with Gasteiger partial charge in [-0.25, -0.2) is 0 Å². The Bertz CT molecular complexity index is 1090. The van der Waals surface area contributed by atoms with Crippen molar-refractivity contribution in [2.45, 2.75) is 26.6 Å². The monoisotopic (exact) mass is 452 g/mol. The number of anilines is 1. The van der Waals surface area contributed by atoms with E-state index >= 15 is 0 Å². The van der Waals surface area contributed by atoms with Crippen molar-refractivity contribution >= 4 is 44.2 Å². The number of carbonyl (C=O) groups excluding carboxylic acids is 2. The molecule has 0 unspecified atom stereocenters. The van der Waals surface area contributed by atoms with E-state index in [0.717, 1.165) is 17.3 Å². The second-order valence-electron chi connectivity index (χ2n) is 6.53. The van der Waals surface area contributed by atoms with Crippen LogP contribution in [-0.4, -0.2) is 22.4 Å². The number of amides is 1. The van der Waals surface area contributed by atoms with Crippen LogP contribution >= 0.6 is 15.9 Å². The molecule has 0 atom stereocenters. The van der Waals surface area contributed by atoms with Crippen molar-refractivity contribution in [2.75, 3.05) is 5.32 Å². The Balaban J connectivity index is 1.96. The molecular weight excluding hydrogens is 437 g/mol. The Morgan fingerprint density at radius 1 is 1.11 bits per heavy atom. The molecule has 4 nitrogen and oxygen atoms in total. The largest absolute Gasteiger partial charge is 0.454 e. The van der Waals surface area contributed by atoms with Crippen molar-refractivity contribution < 1.29 is 22.8 Å². The number of fused-ring (bicyclic) bond motifs is 1. The first-order valence-electron chi connectivity index (χ1n) is 8.33. The van der Waals surface area contributed by atoms with Gasteiger partial charge in [0.05, 0.1) is 5.56 Å². The lowest BCUT2D eigenvalue weighted by Gasteiger charge is -2.10. The van der Waals surface area contributed by atoms with Gasteiger partial charge in [-0.1, -0.05) is 28.1 Å². The highest BCUT2D eigenvalue weighted by Crippen LogP contribution is 2.30. The number of benzene rings is 2. The highest BCUT2D eigenvalue weighted by molar-refractivity contribution is 9.10. The minimum absolute atomic E-state index is 0.135. The molecule has 0 aliphatic heterocycles. The molecule has 8 heteroatoms. The summed E-state index contributed by atoms with van der Waals surface area (Å²) in [4.78, 5) is 24.3. The fourth-order valence-corrected chi connectivity index (χ4v) is 3.31. The van der Waals surface area contributed by atoms with Crippen LogP contribution < -0.4 is 5.32 Å². The molecule has 28 heavy (non-hydrogen) atoms. The molecular formula is C20H16BrF3N2O2. The summed E-state index contributed by atoms with van der Waals surface area (Å²) in [6, 6.07) is 10.2. The van der Waals surface area contributed by atoms with Gasteiger partial charge in [0.15, 0.2) is 0 Å². The van der Waals surface area contributed by atoms with E-state index < -0.39 is 23.4 Å². The maximum atomic E-state index is 13.0. The van der Waals surface area contributed by atoms with Gasteiger partial charge in [0.2, 0.25) is 5.91 Å². The number of nitrogens with zero attached hydrogens (tertiary/aromatic N) is 1. The van der Waals surface area contributed by atoms with E-state index in [9.17, 15) is 22.8 Å². The van der Waals surface area contributed by atoms with Gasteiger partial charge >= 0.3 is 6.18 Å². The van der Waals surface area contributed by atoms with Gasteiger partial charge in [-0.3, -0.25) is 9.59 Å². The van der Waals surface area contributed by atoms with E-state index in [1.807, 2.05) is 32.0 Å². The van der Waals surface area contributed by atoms with Crippen LogP contribution in [0.3, 0.4) is 0 Å². The number of carbonyl (C=O) groups is 2. The number of rotatable bonds is 4. The van der Waals surface area contributed by atoms with E-state index in [4.69, 9.17) is 0 Å². The summed E-state index contributed by atoms with van der Waals surface area (Å²) in [7, 11) is 0. The van der Waals surface area contributed by atoms with Crippen molar-refractivity contribution in [1.82, 2.24) is 4.57 Å². The number of halogens is 4. The molecule has 0 aliphatic carbocycles. The lowest BCUT2D eigenvalue weighted by molar-refractivity contribution is -0.116. The summed E-state index contributed by atoms with van der Waals surface area (Å²) in [5.41, 5.74) is 2.36. The summed E-state index contributed by atoms with van der Waals surface area (Å²) in [6.45, 7) is 3.51. The standard InChI is InChI=1S/C20H16BrF3N2O2/c1-11-3-4-12(2)16(7-11)25-18(27)10-26-9-15(19(28)20(22,23)24)14-8-13(21)5-6-17(14)26/h3-9H,10H2,1-2H3,(H,25,27). The first kappa shape index (κ1) is 20.1. The summed E-state index contributed by atoms with van der Waals surface area (Å²) in [5, 5.41) is 2.90. The number of hydrogen-bond donors (Lipinski definition) is 1. The molecule has 0 aliphatic rings. The lowest BCUT2D eigenvalue weighted by Crippen LogP contribution is -2.22. The van der Waals surface area contributed by atoms with Gasteiger partial charge in [0, 0.05) is 27.3 Å². The van der Waals surface area contributed by atoms with Gasteiger partial charge in [0.1, 0.15) is 6.54 Å². The summed E-state index contributed by atoms with van der Waals surface area (Å²) >= 11 is 3.20. The average molecular weight is 453 g/mol. The quantitative estimate of drug-likeness (QED) is 0.538. The van der Waals surface area contributed by atoms with Crippen molar-refractivity contribution in [2.24, 2.45) is 0 Å². The number of aromatic nitrogens is 1. The second kappa shape index (κ2) is 7.43. The Labute approximate surface area is 167 Å². The maximum absolute atomic E-state index is 13.0. The number of aryl methyl sites for hydroxylation is 2. The number of alkyl halides is 3. The zero-order chi connectivity index (χ0) is 20.6. The topological polar surface area (TPSA) is 51.1 Å². The molecule has 1 aromatic heterocycles. The second-order valence-corrected chi connectivity index (χ2v) is 7.44. The van der Waals surface area contributed by atoms with Crippen LogP contribution in [0.5, 0.6) is 0 Å². The van der Waals surface area contributed by atoms with Crippen molar-refractivity contribution in [3.05, 3.63) is 63.8 Å². The highest BCUT2D eigenvalue weighted by atomic mass is 79.9. The fraction of sp³-hybridized carbons (Fsp3) is 0.200. The predicted octanol–water partition coefficient (Wildman–Crippen LogP) is 5.40. The van der Waals surface area contributed by atoms with E-state index in [0.29, 0.717) is 15.7 Å². The summed E-state index contributed by atoms with van der Waals surface area (Å²) in [6.07, 6.45) is -3.92. The molecule has 0 fully saturated rings. The Kier molecular flexibility index (Phi) is 5.34. The number of Topliss-reactive ketones (excluding diaryl/α,β-unsaturated/α-hetero) is 1. The van der Waals surface area contributed by atoms with Crippen LogP contribution in [0.4, 0.5) is 18.9 Å². The zero-order valence-corrected chi connectivity index (χ0v) is 16.6. The van der Waals surface area contributed by atoms with Gasteiger partial charge in [-0.05, 0) is 49.2 Å². The molecule has 2 aromatic carbocycles. The van der Waals surface area contributed by atoms with Crippen LogP contribution in [0.25, 0.3) is 10.9 Å². The van der Waals surface area contributed by atoms with Crippen LogP contribution in [0.15, 0.2) is 47.1 Å². The highest BCUT2D eigenvalue weighted by Gasteiger charge is 2.41. The van der Waals surface area contributed by atoms with Crippen molar-refractivity contribution in [1.29, 1.82) is 0 Å². The third-order valence-corrected chi connectivity index (χ3v) is 4.82. The van der Waals surface area contributed by atoms with Crippen LogP contribution in [-0.2, 0) is 11.3 Å². The maximum Gasteiger partial charge on any atom is 0.454 e. The first-order chi connectivity index (χ1) is 13.1. The molecule has 3 rings (SSSR count). The van der Waals surface area contributed by atoms with Crippen LogP contribution in [0, 0.1) is 13.8 Å². The molecule has 1 amide bonds. The van der Waals surface area contributed by atoms with E-state index in [1.54, 1.807) is 12.1 Å². The number of ketones is 1. The van der Waals surface area contributed by atoms with Crippen LogP contribution in [0.2, 0.25) is 0 Å². The van der Waals surface area contributed by atoms with Crippen LogP contribution in [0.1, 0.15) is 21.5 Å². The van der Waals surface area contributed by atoms with Gasteiger partial charge in [0.25, 0.3) is 5.78 Å². The molecule has 3 aromatic rings. The Morgan fingerprint density at radius 3 is 2.50 bits per heavy atom. The predicted molar refractivity (Wildman–Crippen MR) is 105 cm³/mol. The first-order valence-corrected chi connectivity index (χ1v) is 9.12. The van der Waals surface area contributed by atoms with E-state index in [-0.39, 0.29) is 11.9 Å². The zero-order valence-electron chi connectivity index (χ0n) is 15.0. The molecule has 0 spiro atoms. The smallest absolute Gasteiger partial charge is 0.337 e. The number of nitrogens with one attached hydrogen (secondary N) is 1. The van der Waals surface area contributed by atoms with Gasteiger partial charge < -0.3 is 9.88 Å². The molecule has 0 saturated heterocycles. The molecule has 1 N–H and O–H groups in total. The van der Waals surface area contributed by atoms with Crippen molar-refractivity contribution in [3.8, 4) is 0 Å². The van der Waals surface area contributed by atoms with Crippen molar-refractivity contribution in [3.63, 3.8) is 0 Å². The van der Waals surface area contributed by atoms with E-state index in [2.05, 4.69) is 21.2 Å². The van der Waals surface area contributed by atoms with E-state index in [1.165, 1.54) is 10.6 Å². The molecule has 1 heterocycles. The SMILES string of the molecule is Cc1ccc(C)c(NC(=O)Cn2cc(C(=O)C(F)(F)F)c3cc(Br)ccc32)c1. The summed E-state index contributed by atoms with van der Waals surface area (Å²) in [5.74, 6) is -2.34. The Morgan fingerprint density at radius 2 is 1.82 bits per heavy atom. The minimum atomic E-state index is -5.00. The average Bonchev–Trinajstić information content (AvgIpc) is 2.94. The minimum Gasteiger partial charge on any atom is -0.337 e. The number of hydrogen-bond acceptors (Lipinski definition) is 2. The third-order valence-electron chi connectivity index (χ3n) is 4.33. The van der Waals surface area contributed by atoms with Gasteiger partial charge in [-0.15, -0.1) is 0 Å². The molecule has 0 saturated carbocycles. The molecule has 146 valence electrons. The lowest BCUT2D eigenvalue weighted by atomic mass is 10.1. The fourth-order valence-electron chi connectivity index (χ4n) is 2.95. The van der Waals surface area contributed by atoms with Gasteiger partial charge in [-0.2, -0.15) is 13.2 Å². The molecule has 0 bridgehead atoms. The molecule has 0 radical (unpaired) electrons. The normalized spacial score (nSPS) is 11.6. The Hall–Kier alpha value is -2.61.